The predicted molar refractivity (Wildman–Crippen MR) is 33.9 cm³/mol. The minimum Gasteiger partial charge on any atom is -0.479 e. The minimum atomic E-state index is -1.23. The van der Waals surface area contributed by atoms with Crippen LogP contribution in [-0.4, -0.2) is 22.3 Å². The van der Waals surface area contributed by atoms with E-state index in [1.165, 1.54) is 12.3 Å². The second kappa shape index (κ2) is 7.27. The van der Waals surface area contributed by atoms with Crippen LogP contribution in [0.2, 0.25) is 0 Å². The molecular weight excluding hydrogens is 142 g/mol. The molecule has 0 amide bonds. The number of hydrogen-bond donors (Lipinski definition) is 3. The average molecular weight is 149 g/mol. The van der Waals surface area contributed by atoms with Gasteiger partial charge < -0.3 is 10.2 Å². The van der Waals surface area contributed by atoms with Crippen LogP contribution in [-0.2, 0) is 4.79 Å². The van der Waals surface area contributed by atoms with Crippen molar-refractivity contribution >= 4 is 18.6 Å². The molecule has 1 unspecified atom stereocenters. The molecule has 0 saturated carbocycles. The third-order valence-corrected chi connectivity index (χ3v) is 0.357. The van der Waals surface area contributed by atoms with E-state index in [-0.39, 0.29) is 0 Å². The highest BCUT2D eigenvalue weighted by Gasteiger charge is 2.01. The molecule has 52 valence electrons. The normalized spacial score (nSPS) is 10.0. The Morgan fingerprint density at radius 3 is 2.00 bits per heavy atom. The molecule has 0 rings (SSSR count). The van der Waals surface area contributed by atoms with Gasteiger partial charge in [0, 0.05) is 0 Å². The highest BCUT2D eigenvalue weighted by Crippen LogP contribution is 1.73. The number of rotatable bonds is 1. The Labute approximate surface area is 58.1 Å². The maximum atomic E-state index is 9.45. The standard InChI is InChI=1S/C3H6O3.CHNS/c1-2(4)3(5)6;2-1-3/h2,4H,1H3,(H,5,6);3H. The predicted octanol–water partition coefficient (Wildman–Crippen LogP) is -0.151. The summed E-state index contributed by atoms with van der Waals surface area (Å²) in [5.74, 6) is -1.19. The van der Waals surface area contributed by atoms with Gasteiger partial charge in [-0.3, -0.25) is 0 Å². The van der Waals surface area contributed by atoms with Crippen LogP contribution in [0, 0.1) is 10.7 Å². The van der Waals surface area contributed by atoms with Gasteiger partial charge in [0.15, 0.2) is 0 Å². The molecule has 0 aromatic carbocycles. The third-order valence-electron chi connectivity index (χ3n) is 0.357. The van der Waals surface area contributed by atoms with Crippen LogP contribution in [0.4, 0.5) is 0 Å². The number of aliphatic hydroxyl groups excluding tert-OH is 1. The Balaban J connectivity index is 0. The van der Waals surface area contributed by atoms with Gasteiger partial charge >= 0.3 is 5.97 Å². The van der Waals surface area contributed by atoms with Crippen molar-refractivity contribution < 1.29 is 15.0 Å². The number of nitrogens with zero attached hydrogens (tertiary/aromatic N) is 1. The van der Waals surface area contributed by atoms with Gasteiger partial charge in [-0.1, -0.05) is 12.6 Å². The first-order valence-corrected chi connectivity index (χ1v) is 2.45. The fourth-order valence-electron chi connectivity index (χ4n) is 0. The van der Waals surface area contributed by atoms with E-state index in [4.69, 9.17) is 15.5 Å². The Kier molecular flexibility index (Phi) is 8.98. The zero-order chi connectivity index (χ0) is 7.86. The van der Waals surface area contributed by atoms with Crippen LogP contribution in [0.15, 0.2) is 0 Å². The second-order valence-electron chi connectivity index (χ2n) is 1.11. The summed E-state index contributed by atoms with van der Waals surface area (Å²) in [6, 6.07) is 0. The van der Waals surface area contributed by atoms with Crippen molar-refractivity contribution in [2.45, 2.75) is 13.0 Å². The minimum absolute atomic E-state index is 1.19. The van der Waals surface area contributed by atoms with Crippen molar-refractivity contribution in [3.63, 3.8) is 0 Å². The molecule has 5 heteroatoms. The molecule has 1 atom stereocenters. The van der Waals surface area contributed by atoms with Crippen molar-refractivity contribution in [3.05, 3.63) is 0 Å². The number of thiocyanates is 1. The van der Waals surface area contributed by atoms with E-state index in [2.05, 4.69) is 12.6 Å². The maximum Gasteiger partial charge on any atom is 0.332 e. The lowest BCUT2D eigenvalue weighted by Crippen LogP contribution is -2.13. The van der Waals surface area contributed by atoms with Gasteiger partial charge in [0.25, 0.3) is 0 Å². The summed E-state index contributed by atoms with van der Waals surface area (Å²) in [7, 11) is 0. The van der Waals surface area contributed by atoms with Gasteiger partial charge in [0.1, 0.15) is 11.5 Å². The quantitative estimate of drug-likeness (QED) is 0.357. The summed E-state index contributed by atoms with van der Waals surface area (Å²) < 4.78 is 0. The molecule has 0 aromatic rings. The summed E-state index contributed by atoms with van der Waals surface area (Å²) in [5.41, 5.74) is 0. The molecule has 2 N–H and O–H groups in total. The van der Waals surface area contributed by atoms with Crippen molar-refractivity contribution in [2.24, 2.45) is 0 Å². The first-order chi connectivity index (χ1) is 4.06. The first-order valence-electron chi connectivity index (χ1n) is 2.00. The lowest BCUT2D eigenvalue weighted by molar-refractivity contribution is -0.145. The van der Waals surface area contributed by atoms with Crippen molar-refractivity contribution in [1.29, 1.82) is 5.26 Å². The monoisotopic (exact) mass is 149 g/mol. The van der Waals surface area contributed by atoms with Crippen LogP contribution in [0.5, 0.6) is 0 Å². The van der Waals surface area contributed by atoms with Gasteiger partial charge in [-0.25, -0.2) is 4.79 Å². The van der Waals surface area contributed by atoms with E-state index >= 15 is 0 Å². The molecule has 0 spiro atoms. The Hall–Kier alpha value is -0.730. The molecule has 0 aliphatic carbocycles. The number of thiol groups is 1. The van der Waals surface area contributed by atoms with Crippen molar-refractivity contribution in [3.8, 4) is 5.40 Å². The molecule has 0 aliphatic rings. The van der Waals surface area contributed by atoms with E-state index in [9.17, 15) is 4.79 Å². The molecule has 0 aromatic heterocycles. The van der Waals surface area contributed by atoms with Gasteiger partial charge in [-0.05, 0) is 6.92 Å². The van der Waals surface area contributed by atoms with Gasteiger partial charge in [0.05, 0.1) is 0 Å². The Bertz CT molecular complexity index is 117. The summed E-state index contributed by atoms with van der Waals surface area (Å²) >= 11 is 3.09. The molecule has 4 nitrogen and oxygen atoms in total. The smallest absolute Gasteiger partial charge is 0.332 e. The molecule has 0 radical (unpaired) electrons. The average Bonchev–Trinajstić information content (AvgIpc) is 1.68. The zero-order valence-corrected chi connectivity index (χ0v) is 5.67. The van der Waals surface area contributed by atoms with Crippen LogP contribution >= 0.6 is 12.6 Å². The maximum absolute atomic E-state index is 9.45. The third kappa shape index (κ3) is 18.9. The van der Waals surface area contributed by atoms with Crippen LogP contribution < -0.4 is 0 Å². The summed E-state index contributed by atoms with van der Waals surface area (Å²) in [6.45, 7) is 1.20. The number of nitriles is 1. The fraction of sp³-hybridized carbons (Fsp3) is 0.500. The van der Waals surface area contributed by atoms with E-state index in [1.54, 1.807) is 0 Å². The topological polar surface area (TPSA) is 81.3 Å². The van der Waals surface area contributed by atoms with Crippen LogP contribution in [0.25, 0.3) is 0 Å². The summed E-state index contributed by atoms with van der Waals surface area (Å²) in [5, 5.41) is 24.4. The van der Waals surface area contributed by atoms with Gasteiger partial charge in [-0.2, -0.15) is 5.26 Å². The SMILES string of the molecule is CC(O)C(=O)O.N#CS. The van der Waals surface area contributed by atoms with Crippen LogP contribution in [0.3, 0.4) is 0 Å². The van der Waals surface area contributed by atoms with E-state index < -0.39 is 12.1 Å². The van der Waals surface area contributed by atoms with E-state index in [0.29, 0.717) is 0 Å². The number of carbonyl (C=O) groups is 1. The number of carboxylic acids is 1. The first kappa shape index (κ1) is 11.1. The van der Waals surface area contributed by atoms with Gasteiger partial charge in [0.2, 0.25) is 0 Å². The molecule has 0 saturated heterocycles. The largest absolute Gasteiger partial charge is 0.479 e. The highest BCUT2D eigenvalue weighted by atomic mass is 32.1. The van der Waals surface area contributed by atoms with Gasteiger partial charge in [-0.15, -0.1) is 0 Å². The summed E-state index contributed by atoms with van der Waals surface area (Å²) in [6.07, 6.45) is -1.23. The number of carboxylic acid groups (broad SMARTS) is 1. The molecule has 0 aliphatic heterocycles. The molecular formula is C4H7NO3S. The second-order valence-corrected chi connectivity index (χ2v) is 1.31. The molecule has 9 heavy (non-hydrogen) atoms. The van der Waals surface area contributed by atoms with E-state index in [1.807, 2.05) is 0 Å². The molecule has 0 fully saturated rings. The van der Waals surface area contributed by atoms with Crippen molar-refractivity contribution in [1.82, 2.24) is 0 Å². The Morgan fingerprint density at radius 2 is 2.00 bits per heavy atom. The lowest BCUT2D eigenvalue weighted by atomic mass is 10.4. The number of aliphatic hydroxyl groups is 1. The Morgan fingerprint density at radius 1 is 1.89 bits per heavy atom. The van der Waals surface area contributed by atoms with E-state index in [0.717, 1.165) is 0 Å². The van der Waals surface area contributed by atoms with Crippen molar-refractivity contribution in [2.75, 3.05) is 0 Å². The fourth-order valence-corrected chi connectivity index (χ4v) is 0. The molecule has 0 bridgehead atoms. The lowest BCUT2D eigenvalue weighted by Gasteiger charge is -1.89. The highest BCUT2D eigenvalue weighted by molar-refractivity contribution is 7.85. The zero-order valence-electron chi connectivity index (χ0n) is 4.77. The number of hydrogen-bond acceptors (Lipinski definition) is 4. The van der Waals surface area contributed by atoms with Crippen LogP contribution in [0.1, 0.15) is 6.92 Å². The molecule has 0 heterocycles. The number of aliphatic carboxylic acids is 1. The summed E-state index contributed by atoms with van der Waals surface area (Å²) in [4.78, 5) is 9.45.